The number of rotatable bonds is 8. The number of hydrogen-bond acceptors (Lipinski definition) is 7. The highest BCUT2D eigenvalue weighted by Crippen LogP contribution is 2.60. The van der Waals surface area contributed by atoms with Crippen LogP contribution in [0.3, 0.4) is 0 Å². The third kappa shape index (κ3) is 6.97. The van der Waals surface area contributed by atoms with Gasteiger partial charge in [0.05, 0.1) is 18.8 Å². The molecule has 33 heavy (non-hydrogen) atoms. The number of aliphatic hydroxyl groups is 2. The zero-order valence-electron chi connectivity index (χ0n) is 19.8. The van der Waals surface area contributed by atoms with Crippen LogP contribution in [0.4, 0.5) is 0 Å². The fourth-order valence-electron chi connectivity index (χ4n) is 5.12. The van der Waals surface area contributed by atoms with Crippen molar-refractivity contribution < 1.29 is 34.9 Å². The smallest absolute Gasteiger partial charge is 0.414 e. The van der Waals surface area contributed by atoms with Crippen LogP contribution in [-0.2, 0) is 21.0 Å². The zero-order valence-corrected chi connectivity index (χ0v) is 19.8. The third-order valence-electron chi connectivity index (χ3n) is 7.36. The van der Waals surface area contributed by atoms with E-state index in [1.165, 1.54) is 5.56 Å². The third-order valence-corrected chi connectivity index (χ3v) is 7.36. The normalized spacial score (nSPS) is 28.7. The molecule has 0 unspecified atom stereocenters. The molecule has 5 N–H and O–H groups in total. The summed E-state index contributed by atoms with van der Waals surface area (Å²) in [7, 11) is 4.08. The Labute approximate surface area is 195 Å². The van der Waals surface area contributed by atoms with Gasteiger partial charge in [-0.15, -0.1) is 0 Å². The van der Waals surface area contributed by atoms with Crippen LogP contribution in [0.25, 0.3) is 0 Å². The van der Waals surface area contributed by atoms with E-state index in [0.29, 0.717) is 18.4 Å². The molecule has 9 heteroatoms. The molecular weight excluding hydrogens is 428 g/mol. The van der Waals surface area contributed by atoms with Gasteiger partial charge >= 0.3 is 11.9 Å². The molecule has 0 aliphatic heterocycles. The summed E-state index contributed by atoms with van der Waals surface area (Å²) < 4.78 is 0. The summed E-state index contributed by atoms with van der Waals surface area (Å²) in [5, 5.41) is 35.6. The minimum atomic E-state index is -1.82. The van der Waals surface area contributed by atoms with Gasteiger partial charge in [-0.2, -0.15) is 0 Å². The summed E-state index contributed by atoms with van der Waals surface area (Å²) in [6.45, 7) is 4.74. The lowest BCUT2D eigenvalue weighted by molar-refractivity contribution is -0.159. The standard InChI is InChI=1S/C22H36N2O3.C2H2O4/c1-21-10-8-19(18-6-4-17(16-25)5-7-18)14-22(21,26)11-9-20(21)15-23-27-13-12-24(2)3;3-1(4)2(5)6/h4-7,19-20,23,25-26H,8-16H2,1-3H3;(H,3,4)(H,5,6)/t19-,20+,21+,22-;/m0./s1. The number of carbonyl (C=O) groups is 2. The molecule has 3 rings (SSSR count). The van der Waals surface area contributed by atoms with E-state index in [4.69, 9.17) is 24.6 Å². The Morgan fingerprint density at radius 1 is 1.12 bits per heavy atom. The quantitative estimate of drug-likeness (QED) is 0.220. The van der Waals surface area contributed by atoms with Crippen LogP contribution in [0, 0.1) is 11.3 Å². The van der Waals surface area contributed by atoms with Crippen molar-refractivity contribution in [1.29, 1.82) is 0 Å². The molecular formula is C24H38N2O7. The molecule has 4 atom stereocenters. The van der Waals surface area contributed by atoms with Gasteiger partial charge in [-0.3, -0.25) is 0 Å². The summed E-state index contributed by atoms with van der Waals surface area (Å²) in [4.78, 5) is 25.9. The lowest BCUT2D eigenvalue weighted by Crippen LogP contribution is -2.50. The first-order valence-corrected chi connectivity index (χ1v) is 11.4. The van der Waals surface area contributed by atoms with Crippen molar-refractivity contribution in [3.8, 4) is 0 Å². The van der Waals surface area contributed by atoms with Gasteiger partial charge in [0.25, 0.3) is 0 Å². The topological polar surface area (TPSA) is 140 Å². The highest BCUT2D eigenvalue weighted by molar-refractivity contribution is 6.27. The molecule has 0 aromatic heterocycles. The van der Waals surface area contributed by atoms with Crippen LogP contribution in [0.1, 0.15) is 56.1 Å². The van der Waals surface area contributed by atoms with Crippen LogP contribution in [0.2, 0.25) is 0 Å². The Bertz CT molecular complexity index is 774. The lowest BCUT2D eigenvalue weighted by atomic mass is 9.59. The van der Waals surface area contributed by atoms with Gasteiger partial charge in [-0.05, 0) is 69.2 Å². The Morgan fingerprint density at radius 2 is 1.76 bits per heavy atom. The number of aliphatic hydroxyl groups excluding tert-OH is 1. The SMILES string of the molecule is CN(C)CCONC[C@H]1CC[C@]2(O)C[C@@H](c3ccc(CO)cc3)CC[C@]12C.O=C(O)C(=O)O. The Kier molecular flexibility index (Phi) is 9.81. The van der Waals surface area contributed by atoms with E-state index in [0.717, 1.165) is 50.8 Å². The Balaban J connectivity index is 0.000000569. The number of likely N-dealkylation sites (N-methyl/N-ethyl adjacent to an activating group) is 1. The number of carboxylic acid groups (broad SMARTS) is 2. The first kappa shape index (κ1) is 27.2. The van der Waals surface area contributed by atoms with Crippen molar-refractivity contribution >= 4 is 11.9 Å². The fourth-order valence-corrected chi connectivity index (χ4v) is 5.12. The van der Waals surface area contributed by atoms with Crippen LogP contribution in [-0.4, -0.2) is 76.7 Å². The molecule has 2 aliphatic carbocycles. The molecule has 9 nitrogen and oxygen atoms in total. The van der Waals surface area contributed by atoms with E-state index in [-0.39, 0.29) is 12.0 Å². The van der Waals surface area contributed by atoms with Crippen molar-refractivity contribution in [2.75, 3.05) is 33.8 Å². The van der Waals surface area contributed by atoms with E-state index in [1.54, 1.807) is 0 Å². The minimum absolute atomic E-state index is 0.0492. The van der Waals surface area contributed by atoms with Gasteiger partial charge in [-0.25, -0.2) is 15.1 Å². The monoisotopic (exact) mass is 466 g/mol. The zero-order chi connectivity index (χ0) is 24.6. The number of fused-ring (bicyclic) bond motifs is 1. The van der Waals surface area contributed by atoms with E-state index in [1.807, 2.05) is 26.2 Å². The van der Waals surface area contributed by atoms with Crippen LogP contribution < -0.4 is 5.48 Å². The first-order valence-electron chi connectivity index (χ1n) is 11.4. The molecule has 0 saturated heterocycles. The average molecular weight is 467 g/mol. The van der Waals surface area contributed by atoms with Gasteiger partial charge in [0.15, 0.2) is 0 Å². The molecule has 2 saturated carbocycles. The number of nitrogens with one attached hydrogen (secondary N) is 1. The number of hydroxylamine groups is 1. The second kappa shape index (κ2) is 11.9. The highest BCUT2D eigenvalue weighted by atomic mass is 16.6. The lowest BCUT2D eigenvalue weighted by Gasteiger charge is -2.49. The van der Waals surface area contributed by atoms with E-state index >= 15 is 0 Å². The summed E-state index contributed by atoms with van der Waals surface area (Å²) in [6.07, 6.45) is 4.90. The molecule has 0 spiro atoms. The maximum absolute atomic E-state index is 11.5. The van der Waals surface area contributed by atoms with Crippen LogP contribution in [0.15, 0.2) is 24.3 Å². The Hall–Kier alpha value is -2.04. The first-order chi connectivity index (χ1) is 15.5. The van der Waals surface area contributed by atoms with Crippen molar-refractivity contribution in [1.82, 2.24) is 10.4 Å². The molecule has 0 radical (unpaired) electrons. The van der Waals surface area contributed by atoms with Gasteiger partial charge in [0.2, 0.25) is 0 Å². The van der Waals surface area contributed by atoms with Gasteiger partial charge in [0, 0.05) is 18.5 Å². The van der Waals surface area contributed by atoms with Gasteiger partial charge in [0.1, 0.15) is 0 Å². The van der Waals surface area contributed by atoms with E-state index in [2.05, 4.69) is 29.4 Å². The molecule has 2 fully saturated rings. The summed E-state index contributed by atoms with van der Waals surface area (Å²) in [5.41, 5.74) is 4.74. The van der Waals surface area contributed by atoms with Gasteiger partial charge < -0.3 is 30.2 Å². The fraction of sp³-hybridized carbons (Fsp3) is 0.667. The maximum atomic E-state index is 11.5. The summed E-state index contributed by atoms with van der Waals surface area (Å²) >= 11 is 0. The number of nitrogens with zero attached hydrogens (tertiary/aromatic N) is 1. The average Bonchev–Trinajstić information content (AvgIpc) is 3.03. The largest absolute Gasteiger partial charge is 0.473 e. The minimum Gasteiger partial charge on any atom is -0.473 e. The predicted octanol–water partition coefficient (Wildman–Crippen LogP) is 1.83. The molecule has 0 amide bonds. The second-order valence-electron chi connectivity index (χ2n) is 9.63. The summed E-state index contributed by atoms with van der Waals surface area (Å²) in [6, 6.07) is 8.24. The molecule has 0 heterocycles. The molecule has 0 bridgehead atoms. The van der Waals surface area contributed by atoms with Crippen LogP contribution in [0.5, 0.6) is 0 Å². The second-order valence-corrected chi connectivity index (χ2v) is 9.63. The number of hydrogen-bond donors (Lipinski definition) is 5. The van der Waals surface area contributed by atoms with Crippen LogP contribution >= 0.6 is 0 Å². The number of benzene rings is 1. The molecule has 1 aromatic carbocycles. The Morgan fingerprint density at radius 3 is 2.30 bits per heavy atom. The highest BCUT2D eigenvalue weighted by Gasteiger charge is 2.58. The predicted molar refractivity (Wildman–Crippen MR) is 123 cm³/mol. The van der Waals surface area contributed by atoms with Crippen molar-refractivity contribution in [3.05, 3.63) is 35.4 Å². The summed E-state index contributed by atoms with van der Waals surface area (Å²) in [5.74, 6) is -2.80. The van der Waals surface area contributed by atoms with E-state index in [9.17, 15) is 10.2 Å². The molecule has 2 aliphatic rings. The molecule has 1 aromatic rings. The van der Waals surface area contributed by atoms with Crippen molar-refractivity contribution in [3.63, 3.8) is 0 Å². The maximum Gasteiger partial charge on any atom is 0.414 e. The van der Waals surface area contributed by atoms with Gasteiger partial charge in [-0.1, -0.05) is 31.2 Å². The van der Waals surface area contributed by atoms with Crippen molar-refractivity contribution in [2.24, 2.45) is 11.3 Å². The number of carboxylic acids is 2. The van der Waals surface area contributed by atoms with Crippen molar-refractivity contribution in [2.45, 2.75) is 57.2 Å². The number of aliphatic carboxylic acids is 2. The molecule has 186 valence electrons. The van der Waals surface area contributed by atoms with E-state index < -0.39 is 17.5 Å².